The van der Waals surface area contributed by atoms with Gasteiger partial charge in [-0.2, -0.15) is 5.26 Å². The molecule has 170 valence electrons. The monoisotopic (exact) mass is 459 g/mol. The number of aryl methyl sites for hydroxylation is 2. The predicted octanol–water partition coefficient (Wildman–Crippen LogP) is 4.91. The van der Waals surface area contributed by atoms with Gasteiger partial charge in [0.05, 0.1) is 17.5 Å². The number of nitrogens with zero attached hydrogens (tertiary/aromatic N) is 4. The molecule has 0 unspecified atom stereocenters. The van der Waals surface area contributed by atoms with Crippen molar-refractivity contribution in [3.8, 4) is 11.8 Å². The summed E-state index contributed by atoms with van der Waals surface area (Å²) in [5.41, 5.74) is 3.76. The van der Waals surface area contributed by atoms with Gasteiger partial charge in [-0.3, -0.25) is 9.36 Å². The van der Waals surface area contributed by atoms with Gasteiger partial charge < -0.3 is 5.32 Å². The molecule has 1 aliphatic carbocycles. The molecule has 3 aromatic rings. The second kappa shape index (κ2) is 10.2. The van der Waals surface area contributed by atoms with Gasteiger partial charge in [-0.05, 0) is 43.9 Å². The van der Waals surface area contributed by atoms with E-state index in [1.54, 1.807) is 0 Å². The van der Waals surface area contributed by atoms with Crippen LogP contribution in [0.25, 0.3) is 5.69 Å². The minimum Gasteiger partial charge on any atom is -0.337 e. The van der Waals surface area contributed by atoms with Crippen LogP contribution >= 0.6 is 11.8 Å². The number of carbonyl (C=O) groups is 1. The second-order valence-corrected chi connectivity index (χ2v) is 9.72. The molecule has 1 saturated carbocycles. The lowest BCUT2D eigenvalue weighted by atomic mass is 9.83. The fraction of sp³-hybridized carbons (Fsp3) is 0.385. The van der Waals surface area contributed by atoms with Crippen molar-refractivity contribution >= 4 is 17.7 Å². The highest BCUT2D eigenvalue weighted by molar-refractivity contribution is 7.99. The Hall–Kier alpha value is -3.11. The Morgan fingerprint density at radius 2 is 1.88 bits per heavy atom. The van der Waals surface area contributed by atoms with Gasteiger partial charge in [0.1, 0.15) is 11.4 Å². The number of hydrogen-bond donors (Lipinski definition) is 1. The number of hydrogen-bond acceptors (Lipinski definition) is 5. The molecule has 0 aliphatic heterocycles. The average Bonchev–Trinajstić information content (AvgIpc) is 3.21. The van der Waals surface area contributed by atoms with E-state index in [9.17, 15) is 10.1 Å². The summed E-state index contributed by atoms with van der Waals surface area (Å²) >= 11 is 1.36. The van der Waals surface area contributed by atoms with Gasteiger partial charge in [0.15, 0.2) is 5.16 Å². The first kappa shape index (κ1) is 23.1. The molecule has 1 heterocycles. The largest absolute Gasteiger partial charge is 0.337 e. The van der Waals surface area contributed by atoms with Crippen molar-refractivity contribution in [2.45, 2.75) is 63.1 Å². The Morgan fingerprint density at radius 3 is 2.58 bits per heavy atom. The van der Waals surface area contributed by atoms with E-state index >= 15 is 0 Å². The Balaban J connectivity index is 1.57. The van der Waals surface area contributed by atoms with Gasteiger partial charge in [0.2, 0.25) is 5.91 Å². The fourth-order valence-corrected chi connectivity index (χ4v) is 5.20. The highest BCUT2D eigenvalue weighted by Gasteiger charge is 2.33. The van der Waals surface area contributed by atoms with Crippen LogP contribution < -0.4 is 5.32 Å². The average molecular weight is 460 g/mol. The third kappa shape index (κ3) is 5.45. The van der Waals surface area contributed by atoms with Crippen LogP contribution in [0.1, 0.15) is 54.6 Å². The molecule has 0 bridgehead atoms. The number of benzene rings is 2. The first-order chi connectivity index (χ1) is 16.0. The lowest BCUT2D eigenvalue weighted by Crippen LogP contribution is -2.49. The summed E-state index contributed by atoms with van der Waals surface area (Å²) in [7, 11) is 0. The number of aromatic nitrogens is 3. The lowest BCUT2D eigenvalue weighted by Gasteiger charge is -2.31. The first-order valence-corrected chi connectivity index (χ1v) is 12.4. The molecule has 1 aromatic heterocycles. The number of nitrogens with one attached hydrogen (secondary N) is 1. The smallest absolute Gasteiger partial charge is 0.231 e. The van der Waals surface area contributed by atoms with Crippen molar-refractivity contribution in [1.29, 1.82) is 5.26 Å². The Bertz CT molecular complexity index is 1160. The summed E-state index contributed by atoms with van der Waals surface area (Å²) in [6.07, 6.45) is 5.16. The van der Waals surface area contributed by atoms with E-state index in [0.29, 0.717) is 11.6 Å². The number of thioether (sulfide) groups is 1. The topological polar surface area (TPSA) is 83.6 Å². The summed E-state index contributed by atoms with van der Waals surface area (Å²) in [6, 6.07) is 18.8. The summed E-state index contributed by atoms with van der Waals surface area (Å²) < 4.78 is 2.06. The summed E-state index contributed by atoms with van der Waals surface area (Å²) in [5.74, 6) is 0.887. The second-order valence-electron chi connectivity index (χ2n) is 8.78. The quantitative estimate of drug-likeness (QED) is 0.508. The van der Waals surface area contributed by atoms with Crippen LogP contribution in [0.4, 0.5) is 0 Å². The predicted molar refractivity (Wildman–Crippen MR) is 130 cm³/mol. The van der Waals surface area contributed by atoms with Crippen LogP contribution in [0, 0.1) is 25.2 Å². The van der Waals surface area contributed by atoms with Crippen molar-refractivity contribution < 1.29 is 4.79 Å². The van der Waals surface area contributed by atoms with Crippen LogP contribution in [0.2, 0.25) is 0 Å². The third-order valence-corrected chi connectivity index (χ3v) is 7.06. The zero-order valence-electron chi connectivity index (χ0n) is 19.2. The molecule has 1 N–H and O–H groups in total. The SMILES string of the molecule is Cc1ccc(-n2c(Cc3ccccc3)nnc2SCC(=O)NC2(C#N)CCCCC2)c(C)c1. The van der Waals surface area contributed by atoms with Gasteiger partial charge in [-0.1, -0.05) is 79.1 Å². The van der Waals surface area contributed by atoms with Crippen molar-refractivity contribution in [2.24, 2.45) is 0 Å². The van der Waals surface area contributed by atoms with E-state index in [-0.39, 0.29) is 11.7 Å². The van der Waals surface area contributed by atoms with Crippen molar-refractivity contribution in [2.75, 3.05) is 5.75 Å². The molecule has 0 radical (unpaired) electrons. The van der Waals surface area contributed by atoms with Crippen LogP contribution in [0.5, 0.6) is 0 Å². The molecule has 0 saturated heterocycles. The van der Waals surface area contributed by atoms with Crippen LogP contribution in [0.3, 0.4) is 0 Å². The van der Waals surface area contributed by atoms with E-state index in [0.717, 1.165) is 54.7 Å². The molecule has 7 heteroatoms. The van der Waals surface area contributed by atoms with E-state index in [2.05, 4.69) is 70.3 Å². The minimum atomic E-state index is -0.727. The third-order valence-electron chi connectivity index (χ3n) is 6.13. The Morgan fingerprint density at radius 1 is 1.12 bits per heavy atom. The fourth-order valence-electron chi connectivity index (χ4n) is 4.44. The molecule has 1 amide bonds. The zero-order chi connectivity index (χ0) is 23.3. The van der Waals surface area contributed by atoms with Gasteiger partial charge in [-0.15, -0.1) is 10.2 Å². The Labute approximate surface area is 199 Å². The van der Waals surface area contributed by atoms with Crippen molar-refractivity contribution in [3.05, 3.63) is 71.0 Å². The lowest BCUT2D eigenvalue weighted by molar-refractivity contribution is -0.120. The number of carbonyl (C=O) groups excluding carboxylic acids is 1. The van der Waals surface area contributed by atoms with E-state index in [4.69, 9.17) is 0 Å². The molecule has 1 fully saturated rings. The number of nitriles is 1. The summed E-state index contributed by atoms with van der Waals surface area (Å²) in [4.78, 5) is 12.8. The molecule has 0 spiro atoms. The van der Waals surface area contributed by atoms with Crippen LogP contribution in [0.15, 0.2) is 53.7 Å². The van der Waals surface area contributed by atoms with E-state index in [1.165, 1.54) is 17.3 Å². The normalized spacial score (nSPS) is 15.1. The highest BCUT2D eigenvalue weighted by Crippen LogP contribution is 2.29. The van der Waals surface area contributed by atoms with Gasteiger partial charge >= 0.3 is 0 Å². The minimum absolute atomic E-state index is 0.136. The molecule has 0 atom stereocenters. The van der Waals surface area contributed by atoms with Gasteiger partial charge in [0, 0.05) is 6.42 Å². The molecule has 4 rings (SSSR count). The van der Waals surface area contributed by atoms with Crippen molar-refractivity contribution in [1.82, 2.24) is 20.1 Å². The summed E-state index contributed by atoms with van der Waals surface area (Å²) in [6.45, 7) is 4.15. The molecule has 33 heavy (non-hydrogen) atoms. The van der Waals surface area contributed by atoms with Crippen molar-refractivity contribution in [3.63, 3.8) is 0 Å². The molecule has 2 aromatic carbocycles. The Kier molecular flexibility index (Phi) is 7.14. The maximum Gasteiger partial charge on any atom is 0.231 e. The maximum atomic E-state index is 12.8. The summed E-state index contributed by atoms with van der Waals surface area (Å²) in [5, 5.41) is 22.3. The van der Waals surface area contributed by atoms with E-state index in [1.807, 2.05) is 18.2 Å². The van der Waals surface area contributed by atoms with Crippen LogP contribution in [-0.4, -0.2) is 32.0 Å². The maximum absolute atomic E-state index is 12.8. The highest BCUT2D eigenvalue weighted by atomic mass is 32.2. The molecular weight excluding hydrogens is 430 g/mol. The first-order valence-electron chi connectivity index (χ1n) is 11.4. The van der Waals surface area contributed by atoms with Gasteiger partial charge in [0.25, 0.3) is 0 Å². The molecule has 1 aliphatic rings. The molecular formula is C26H29N5OS. The number of rotatable bonds is 7. The zero-order valence-corrected chi connectivity index (χ0v) is 20.0. The molecule has 6 nitrogen and oxygen atoms in total. The van der Waals surface area contributed by atoms with Crippen LogP contribution in [-0.2, 0) is 11.2 Å². The number of amides is 1. The standard InChI is InChI=1S/C26H29N5OS/c1-19-11-12-22(20(2)15-19)31-23(16-21-9-5-3-6-10-21)29-30-25(31)33-17-24(32)28-26(18-27)13-7-4-8-14-26/h3,5-6,9-12,15H,4,7-8,13-14,16-17H2,1-2H3,(H,28,32). The van der Waals surface area contributed by atoms with E-state index < -0.39 is 5.54 Å². The van der Waals surface area contributed by atoms with Gasteiger partial charge in [-0.25, -0.2) is 0 Å².